The van der Waals surface area contributed by atoms with E-state index in [1.165, 1.54) is 12.5 Å². The molecule has 0 aliphatic heterocycles. The van der Waals surface area contributed by atoms with Crippen LogP contribution in [0, 0.1) is 18.8 Å². The van der Waals surface area contributed by atoms with Gasteiger partial charge in [0.25, 0.3) is 5.91 Å². The van der Waals surface area contributed by atoms with E-state index in [1.807, 2.05) is 31.2 Å². The summed E-state index contributed by atoms with van der Waals surface area (Å²) in [4.78, 5) is 17.1. The van der Waals surface area contributed by atoms with Crippen LogP contribution in [0.5, 0.6) is 5.75 Å². The molecule has 146 valence electrons. The quantitative estimate of drug-likeness (QED) is 0.617. The molecule has 1 aromatic heterocycles. The third-order valence-corrected chi connectivity index (χ3v) is 5.80. The minimum absolute atomic E-state index is 0.240. The molecule has 1 heterocycles. The van der Waals surface area contributed by atoms with Crippen LogP contribution < -0.4 is 4.74 Å². The fourth-order valence-corrected chi connectivity index (χ4v) is 3.67. The van der Waals surface area contributed by atoms with Gasteiger partial charge in [0.1, 0.15) is 5.75 Å². The van der Waals surface area contributed by atoms with Crippen molar-refractivity contribution >= 4 is 15.6 Å². The molecular weight excluding hydrogens is 384 g/mol. The monoisotopic (exact) mass is 404 g/mol. The fourth-order valence-electron chi connectivity index (χ4n) is 2.50. The van der Waals surface area contributed by atoms with Gasteiger partial charge < -0.3 is 4.74 Å². The molecule has 1 unspecified atom stereocenters. The van der Waals surface area contributed by atoms with Gasteiger partial charge in [0.2, 0.25) is 0 Å². The second kappa shape index (κ2) is 8.72. The zero-order valence-electron chi connectivity index (χ0n) is 16.4. The standard InChI is InChI=1S/C23H20N2O3S/c1-17-4-6-18(7-5-17)8-9-19-14-20(16-24-15-19)23(26)25-29(3,27)22-12-10-21(28-2)11-13-22/h4-7,10-16H,1-3H3. The molecule has 0 aliphatic carbocycles. The highest BCUT2D eigenvalue weighted by molar-refractivity contribution is 7.93. The largest absolute Gasteiger partial charge is 0.497 e. The summed E-state index contributed by atoms with van der Waals surface area (Å²) in [6.45, 7) is 2.01. The maximum atomic E-state index is 12.9. The summed E-state index contributed by atoms with van der Waals surface area (Å²) in [5, 5.41) is 0. The Bertz CT molecular complexity index is 1210. The number of carbonyl (C=O) groups is 1. The Morgan fingerprint density at radius 2 is 1.66 bits per heavy atom. The van der Waals surface area contributed by atoms with Crippen LogP contribution >= 0.6 is 0 Å². The first-order valence-corrected chi connectivity index (χ1v) is 10.7. The molecule has 0 N–H and O–H groups in total. The van der Waals surface area contributed by atoms with Crippen molar-refractivity contribution in [3.63, 3.8) is 0 Å². The zero-order chi connectivity index (χ0) is 20.9. The Hall–Kier alpha value is -3.43. The lowest BCUT2D eigenvalue weighted by atomic mass is 10.1. The van der Waals surface area contributed by atoms with E-state index >= 15 is 0 Å². The van der Waals surface area contributed by atoms with E-state index < -0.39 is 15.6 Å². The molecule has 1 atom stereocenters. The number of aryl methyl sites for hydroxylation is 1. The van der Waals surface area contributed by atoms with Gasteiger partial charge in [-0.2, -0.15) is 4.36 Å². The molecule has 6 heteroatoms. The average Bonchev–Trinajstić information content (AvgIpc) is 2.73. The van der Waals surface area contributed by atoms with Crippen molar-refractivity contribution in [1.82, 2.24) is 4.98 Å². The summed E-state index contributed by atoms with van der Waals surface area (Å²) < 4.78 is 21.9. The lowest BCUT2D eigenvalue weighted by Gasteiger charge is -2.05. The minimum Gasteiger partial charge on any atom is -0.497 e. The summed E-state index contributed by atoms with van der Waals surface area (Å²) in [6.07, 6.45) is 4.40. The van der Waals surface area contributed by atoms with Crippen molar-refractivity contribution < 1.29 is 13.7 Å². The Morgan fingerprint density at radius 3 is 2.31 bits per heavy atom. The van der Waals surface area contributed by atoms with Crippen LogP contribution in [-0.2, 0) is 9.73 Å². The molecule has 0 radical (unpaired) electrons. The van der Waals surface area contributed by atoms with Crippen molar-refractivity contribution in [3.05, 3.63) is 89.2 Å². The van der Waals surface area contributed by atoms with Crippen molar-refractivity contribution in [3.8, 4) is 17.6 Å². The number of rotatable bonds is 3. The van der Waals surface area contributed by atoms with Crippen molar-refractivity contribution in [2.45, 2.75) is 11.8 Å². The number of nitrogens with zero attached hydrogens (tertiary/aromatic N) is 2. The van der Waals surface area contributed by atoms with E-state index in [1.54, 1.807) is 43.6 Å². The van der Waals surface area contributed by atoms with E-state index in [0.717, 1.165) is 11.1 Å². The van der Waals surface area contributed by atoms with Crippen LogP contribution in [0.25, 0.3) is 0 Å². The molecule has 3 aromatic rings. The molecule has 0 bridgehead atoms. The third-order valence-electron chi connectivity index (χ3n) is 4.14. The second-order valence-corrected chi connectivity index (χ2v) is 8.71. The van der Waals surface area contributed by atoms with Gasteiger partial charge in [0, 0.05) is 34.7 Å². The second-order valence-electron chi connectivity index (χ2n) is 6.45. The van der Waals surface area contributed by atoms with Crippen LogP contribution in [-0.4, -0.2) is 28.5 Å². The summed E-state index contributed by atoms with van der Waals surface area (Å²) in [5.74, 6) is 6.07. The predicted molar refractivity (Wildman–Crippen MR) is 113 cm³/mol. The molecule has 0 saturated carbocycles. The highest BCUT2D eigenvalue weighted by Gasteiger charge is 2.12. The number of hydrogen-bond acceptors (Lipinski definition) is 4. The normalized spacial score (nSPS) is 12.2. The van der Waals surface area contributed by atoms with Crippen molar-refractivity contribution in [2.75, 3.05) is 13.4 Å². The van der Waals surface area contributed by atoms with Crippen LogP contribution in [0.4, 0.5) is 0 Å². The van der Waals surface area contributed by atoms with Gasteiger partial charge in [-0.15, -0.1) is 0 Å². The van der Waals surface area contributed by atoms with Crippen molar-refractivity contribution in [2.24, 2.45) is 4.36 Å². The van der Waals surface area contributed by atoms with Crippen LogP contribution in [0.15, 0.2) is 76.2 Å². The summed E-state index contributed by atoms with van der Waals surface area (Å²) in [6, 6.07) is 16.1. The van der Waals surface area contributed by atoms with Gasteiger partial charge >= 0.3 is 0 Å². The molecule has 0 aliphatic rings. The minimum atomic E-state index is -2.90. The van der Waals surface area contributed by atoms with Gasteiger partial charge in [-0.1, -0.05) is 29.5 Å². The van der Waals surface area contributed by atoms with E-state index in [-0.39, 0.29) is 5.56 Å². The van der Waals surface area contributed by atoms with E-state index in [4.69, 9.17) is 4.74 Å². The predicted octanol–water partition coefficient (Wildman–Crippen LogP) is 4.10. The molecule has 0 saturated heterocycles. The molecule has 29 heavy (non-hydrogen) atoms. The van der Waals surface area contributed by atoms with Gasteiger partial charge in [-0.05, 0) is 49.4 Å². The highest BCUT2D eigenvalue weighted by atomic mass is 32.2. The maximum Gasteiger partial charge on any atom is 0.286 e. The van der Waals surface area contributed by atoms with E-state index in [0.29, 0.717) is 16.2 Å². The van der Waals surface area contributed by atoms with Gasteiger partial charge in [0.05, 0.1) is 22.4 Å². The number of carbonyl (C=O) groups excluding carboxylic acids is 1. The zero-order valence-corrected chi connectivity index (χ0v) is 17.2. The molecule has 0 spiro atoms. The number of pyridine rings is 1. The number of benzene rings is 2. The molecule has 0 fully saturated rings. The SMILES string of the molecule is COc1ccc(S(C)(=O)=NC(=O)c2cncc(C#Cc3ccc(C)cc3)c2)cc1. The fraction of sp³-hybridized carbons (Fsp3) is 0.130. The lowest BCUT2D eigenvalue weighted by Crippen LogP contribution is -2.04. The smallest absolute Gasteiger partial charge is 0.286 e. The average molecular weight is 404 g/mol. The summed E-state index contributed by atoms with van der Waals surface area (Å²) in [7, 11) is -1.35. The van der Waals surface area contributed by atoms with Crippen LogP contribution in [0.1, 0.15) is 27.0 Å². The Morgan fingerprint density at radius 1 is 1.00 bits per heavy atom. The number of hydrogen-bond donors (Lipinski definition) is 0. The number of aromatic nitrogens is 1. The number of methoxy groups -OCH3 is 1. The van der Waals surface area contributed by atoms with Gasteiger partial charge in [-0.3, -0.25) is 9.78 Å². The summed E-state index contributed by atoms with van der Waals surface area (Å²) >= 11 is 0. The molecule has 3 rings (SSSR count). The Balaban J connectivity index is 1.86. The van der Waals surface area contributed by atoms with E-state index in [9.17, 15) is 9.00 Å². The van der Waals surface area contributed by atoms with Crippen LogP contribution in [0.2, 0.25) is 0 Å². The van der Waals surface area contributed by atoms with Crippen molar-refractivity contribution in [1.29, 1.82) is 0 Å². The first-order valence-electron chi connectivity index (χ1n) is 8.82. The van der Waals surface area contributed by atoms with Crippen LogP contribution in [0.3, 0.4) is 0 Å². The summed E-state index contributed by atoms with van der Waals surface area (Å²) in [5.41, 5.74) is 2.85. The first kappa shape index (κ1) is 20.3. The highest BCUT2D eigenvalue weighted by Crippen LogP contribution is 2.18. The maximum absolute atomic E-state index is 12.9. The number of amides is 1. The molecular formula is C23H20N2O3S. The first-order chi connectivity index (χ1) is 13.9. The molecule has 5 nitrogen and oxygen atoms in total. The van der Waals surface area contributed by atoms with Gasteiger partial charge in [-0.25, -0.2) is 4.21 Å². The molecule has 2 aromatic carbocycles. The topological polar surface area (TPSA) is 68.6 Å². The number of ether oxygens (including phenoxy) is 1. The Kier molecular flexibility index (Phi) is 6.10. The Labute approximate surface area is 171 Å². The molecule has 1 amide bonds. The van der Waals surface area contributed by atoms with E-state index in [2.05, 4.69) is 21.2 Å². The third kappa shape index (κ3) is 5.31. The van der Waals surface area contributed by atoms with Gasteiger partial charge in [0.15, 0.2) is 0 Å². The lowest BCUT2D eigenvalue weighted by molar-refractivity contribution is 0.100.